The van der Waals surface area contributed by atoms with Crippen LogP contribution in [0.15, 0.2) is 36.4 Å². The second-order valence-corrected chi connectivity index (χ2v) is 6.82. The van der Waals surface area contributed by atoms with E-state index in [9.17, 15) is 14.9 Å². The van der Waals surface area contributed by atoms with Gasteiger partial charge in [-0.25, -0.2) is 0 Å². The number of hydrogen-bond acceptors (Lipinski definition) is 5. The number of nitro groups is 1. The maximum atomic E-state index is 12.5. The van der Waals surface area contributed by atoms with Crippen LogP contribution in [0.2, 0.25) is 10.0 Å². The van der Waals surface area contributed by atoms with E-state index in [-0.39, 0.29) is 16.4 Å². The number of benzene rings is 2. The summed E-state index contributed by atoms with van der Waals surface area (Å²) < 4.78 is 5.99. The molecule has 3 aromatic rings. The van der Waals surface area contributed by atoms with Crippen molar-refractivity contribution in [2.75, 3.05) is 12.4 Å². The molecule has 0 aliphatic carbocycles. The topological polar surface area (TPSA) is 81.5 Å². The second kappa shape index (κ2) is 6.87. The van der Waals surface area contributed by atoms with Crippen LogP contribution in [-0.2, 0) is 0 Å². The molecule has 0 aliphatic heterocycles. The van der Waals surface area contributed by atoms with Crippen LogP contribution in [0.25, 0.3) is 10.1 Å². The van der Waals surface area contributed by atoms with Crippen molar-refractivity contribution in [1.82, 2.24) is 0 Å². The van der Waals surface area contributed by atoms with Gasteiger partial charge in [0.05, 0.1) is 17.1 Å². The van der Waals surface area contributed by atoms with Crippen LogP contribution in [0.5, 0.6) is 5.75 Å². The number of ether oxygens (including phenoxy) is 1. The summed E-state index contributed by atoms with van der Waals surface area (Å²) in [5.74, 6) is 0.175. The van der Waals surface area contributed by atoms with Crippen molar-refractivity contribution in [3.63, 3.8) is 0 Å². The second-order valence-electron chi connectivity index (χ2n) is 4.98. The number of anilines is 1. The molecule has 0 spiro atoms. The first kappa shape index (κ1) is 17.5. The van der Waals surface area contributed by atoms with Crippen LogP contribution in [0.1, 0.15) is 9.67 Å². The number of rotatable bonds is 4. The third-order valence-corrected chi connectivity index (χ3v) is 5.44. The zero-order chi connectivity index (χ0) is 18.1. The highest BCUT2D eigenvalue weighted by atomic mass is 35.5. The van der Waals surface area contributed by atoms with Crippen LogP contribution < -0.4 is 10.1 Å². The number of nitrogens with zero attached hydrogens (tertiary/aromatic N) is 1. The molecule has 0 saturated heterocycles. The molecule has 0 fully saturated rings. The Kier molecular flexibility index (Phi) is 4.80. The van der Waals surface area contributed by atoms with Gasteiger partial charge < -0.3 is 10.1 Å². The highest BCUT2D eigenvalue weighted by Gasteiger charge is 2.19. The predicted octanol–water partition coefficient (Wildman–Crippen LogP) is 5.38. The van der Waals surface area contributed by atoms with E-state index in [1.807, 2.05) is 6.07 Å². The van der Waals surface area contributed by atoms with Gasteiger partial charge >= 0.3 is 0 Å². The average Bonchev–Trinajstić information content (AvgIpc) is 2.92. The van der Waals surface area contributed by atoms with E-state index in [0.29, 0.717) is 21.0 Å². The van der Waals surface area contributed by atoms with Crippen LogP contribution in [0, 0.1) is 10.1 Å². The largest absolute Gasteiger partial charge is 0.497 e. The Hall–Kier alpha value is -2.35. The van der Waals surface area contributed by atoms with Crippen molar-refractivity contribution in [1.29, 1.82) is 0 Å². The number of nitro benzene ring substituents is 1. The molecule has 0 bridgehead atoms. The zero-order valence-electron chi connectivity index (χ0n) is 12.7. The summed E-state index contributed by atoms with van der Waals surface area (Å²) in [7, 11) is 1.54. The van der Waals surface area contributed by atoms with Crippen LogP contribution in [-0.4, -0.2) is 17.9 Å². The summed E-state index contributed by atoms with van der Waals surface area (Å²) in [6, 6.07) is 9.38. The highest BCUT2D eigenvalue weighted by Crippen LogP contribution is 2.38. The summed E-state index contributed by atoms with van der Waals surface area (Å²) in [5, 5.41) is 14.6. The summed E-state index contributed by atoms with van der Waals surface area (Å²) in [4.78, 5) is 23.1. The van der Waals surface area contributed by atoms with Gasteiger partial charge in [0, 0.05) is 21.8 Å². The molecule has 3 rings (SSSR count). The summed E-state index contributed by atoms with van der Waals surface area (Å²) in [6.07, 6.45) is 0. The molecule has 128 valence electrons. The highest BCUT2D eigenvalue weighted by molar-refractivity contribution is 7.21. The lowest BCUT2D eigenvalue weighted by molar-refractivity contribution is -0.384. The maximum Gasteiger partial charge on any atom is 0.289 e. The lowest BCUT2D eigenvalue weighted by atomic mass is 10.2. The number of carbonyl (C=O) groups excluding carboxylic acids is 1. The smallest absolute Gasteiger partial charge is 0.289 e. The predicted molar refractivity (Wildman–Crippen MR) is 99.4 cm³/mol. The lowest BCUT2D eigenvalue weighted by Crippen LogP contribution is -2.10. The molecule has 1 amide bonds. The molecule has 0 radical (unpaired) electrons. The van der Waals surface area contributed by atoms with Gasteiger partial charge in [-0.15, -0.1) is 11.3 Å². The summed E-state index contributed by atoms with van der Waals surface area (Å²) >= 11 is 13.3. The van der Waals surface area contributed by atoms with E-state index in [0.717, 1.165) is 4.70 Å². The molecule has 0 atom stereocenters. The van der Waals surface area contributed by atoms with Gasteiger partial charge in [0.15, 0.2) is 0 Å². The molecule has 2 aromatic carbocycles. The van der Waals surface area contributed by atoms with E-state index in [1.165, 1.54) is 29.5 Å². The van der Waals surface area contributed by atoms with E-state index in [4.69, 9.17) is 27.9 Å². The van der Waals surface area contributed by atoms with Crippen molar-refractivity contribution in [3.05, 3.63) is 61.4 Å². The number of thiophene rings is 1. The monoisotopic (exact) mass is 396 g/mol. The fourth-order valence-electron chi connectivity index (χ4n) is 2.24. The van der Waals surface area contributed by atoms with Gasteiger partial charge in [0.2, 0.25) is 0 Å². The first-order valence-electron chi connectivity index (χ1n) is 6.92. The van der Waals surface area contributed by atoms with Crippen LogP contribution in [0.4, 0.5) is 11.4 Å². The van der Waals surface area contributed by atoms with E-state index in [1.54, 1.807) is 19.2 Å². The Labute approximate surface area is 156 Å². The first-order valence-corrected chi connectivity index (χ1v) is 8.49. The number of fused-ring (bicyclic) bond motifs is 1. The molecule has 1 aromatic heterocycles. The molecule has 1 heterocycles. The van der Waals surface area contributed by atoms with Gasteiger partial charge in [-0.3, -0.25) is 14.9 Å². The van der Waals surface area contributed by atoms with Gasteiger partial charge in [0.1, 0.15) is 15.6 Å². The molecule has 0 saturated carbocycles. The Morgan fingerprint density at radius 2 is 2.00 bits per heavy atom. The number of carbonyl (C=O) groups is 1. The third-order valence-electron chi connectivity index (χ3n) is 3.44. The van der Waals surface area contributed by atoms with Gasteiger partial charge in [0.25, 0.3) is 11.6 Å². The van der Waals surface area contributed by atoms with Crippen LogP contribution in [0.3, 0.4) is 0 Å². The Bertz CT molecular complexity index is 1000. The molecule has 0 unspecified atom stereocenters. The van der Waals surface area contributed by atoms with Crippen molar-refractivity contribution in [2.45, 2.75) is 0 Å². The minimum atomic E-state index is -0.614. The maximum absolute atomic E-state index is 12.5. The molecule has 6 nitrogen and oxygen atoms in total. The molecule has 1 N–H and O–H groups in total. The summed E-state index contributed by atoms with van der Waals surface area (Å²) in [6.45, 7) is 0. The van der Waals surface area contributed by atoms with Crippen molar-refractivity contribution in [3.8, 4) is 5.75 Å². The van der Waals surface area contributed by atoms with Crippen molar-refractivity contribution >= 4 is 61.9 Å². The fraction of sp³-hybridized carbons (Fsp3) is 0.0625. The SMILES string of the molecule is COc1ccc2sc(C(=O)Nc3ccc(Cl)c([N+](=O)[O-])c3)c(Cl)c2c1. The molecule has 0 aliphatic rings. The Balaban J connectivity index is 1.94. The standard InChI is InChI=1S/C16H10Cl2N2O4S/c1-24-9-3-5-13-10(7-9)14(18)15(25-13)16(21)19-8-2-4-11(17)12(6-8)20(22)23/h2-7H,1H3,(H,19,21). The lowest BCUT2D eigenvalue weighted by Gasteiger charge is -2.04. The van der Waals surface area contributed by atoms with E-state index >= 15 is 0 Å². The fourth-order valence-corrected chi connectivity index (χ4v) is 3.81. The number of nitrogens with one attached hydrogen (secondary N) is 1. The Morgan fingerprint density at radius 1 is 1.24 bits per heavy atom. The first-order chi connectivity index (χ1) is 11.9. The molecule has 25 heavy (non-hydrogen) atoms. The average molecular weight is 397 g/mol. The summed E-state index contributed by atoms with van der Waals surface area (Å²) in [5.41, 5.74) is -0.0288. The number of hydrogen-bond donors (Lipinski definition) is 1. The number of halogens is 2. The van der Waals surface area contributed by atoms with E-state index < -0.39 is 10.8 Å². The normalized spacial score (nSPS) is 10.7. The quantitative estimate of drug-likeness (QED) is 0.474. The van der Waals surface area contributed by atoms with Crippen LogP contribution >= 0.6 is 34.5 Å². The number of amides is 1. The number of methoxy groups -OCH3 is 1. The molecular weight excluding hydrogens is 387 g/mol. The minimum Gasteiger partial charge on any atom is -0.497 e. The minimum absolute atomic E-state index is 0.00464. The van der Waals surface area contributed by atoms with Crippen molar-refractivity contribution < 1.29 is 14.5 Å². The van der Waals surface area contributed by atoms with Gasteiger partial charge in [-0.2, -0.15) is 0 Å². The van der Waals surface area contributed by atoms with Gasteiger partial charge in [-0.05, 0) is 30.3 Å². The van der Waals surface area contributed by atoms with E-state index in [2.05, 4.69) is 5.32 Å². The molecular formula is C16H10Cl2N2O4S. The van der Waals surface area contributed by atoms with Crippen molar-refractivity contribution in [2.24, 2.45) is 0 Å². The Morgan fingerprint density at radius 3 is 2.68 bits per heavy atom. The molecule has 9 heteroatoms. The third kappa shape index (κ3) is 3.39. The van der Waals surface area contributed by atoms with Gasteiger partial charge in [-0.1, -0.05) is 23.2 Å². The zero-order valence-corrected chi connectivity index (χ0v) is 15.0.